The first kappa shape index (κ1) is 13.3. The van der Waals surface area contributed by atoms with E-state index in [0.29, 0.717) is 5.92 Å². The van der Waals surface area contributed by atoms with Crippen LogP contribution < -0.4 is 4.90 Å². The number of nitrogens with zero attached hydrogens (tertiary/aromatic N) is 1. The Morgan fingerprint density at radius 1 is 1.05 bits per heavy atom. The van der Waals surface area contributed by atoms with Gasteiger partial charge in [-0.05, 0) is 56.2 Å². The molecule has 3 atom stereocenters. The number of fused-ring (bicyclic) bond motifs is 1. The summed E-state index contributed by atoms with van der Waals surface area (Å²) in [5.74, 6) is 0.400. The highest BCUT2D eigenvalue weighted by Crippen LogP contribution is 2.42. The number of benzene rings is 1. The van der Waals surface area contributed by atoms with Crippen LogP contribution in [0.4, 0.5) is 5.69 Å². The molecule has 3 nitrogen and oxygen atoms in total. The standard InChI is InChI=1S/C17H21NO2/c1-10-5-7-13-14(8-10)17(20)18(16(13)19)15-9-11(2)4-6-12(15)3/h4,6,9-10,13-14H,5,7-8H2,1-3H3/t10-,13+,14+/m1/s1. The zero-order valence-corrected chi connectivity index (χ0v) is 12.3. The van der Waals surface area contributed by atoms with Crippen LogP contribution in [-0.2, 0) is 9.59 Å². The van der Waals surface area contributed by atoms with E-state index in [0.717, 1.165) is 36.1 Å². The summed E-state index contributed by atoms with van der Waals surface area (Å²) in [5.41, 5.74) is 2.85. The number of imide groups is 1. The summed E-state index contributed by atoms with van der Waals surface area (Å²) < 4.78 is 0. The Morgan fingerprint density at radius 2 is 1.75 bits per heavy atom. The second-order valence-corrected chi connectivity index (χ2v) is 6.43. The van der Waals surface area contributed by atoms with Crippen LogP contribution in [0.15, 0.2) is 18.2 Å². The van der Waals surface area contributed by atoms with Crippen molar-refractivity contribution in [3.8, 4) is 0 Å². The molecule has 2 aliphatic rings. The lowest BCUT2D eigenvalue weighted by molar-refractivity contribution is -0.122. The first-order valence-electron chi connectivity index (χ1n) is 7.44. The first-order valence-corrected chi connectivity index (χ1v) is 7.44. The molecule has 0 radical (unpaired) electrons. The summed E-state index contributed by atoms with van der Waals surface area (Å²) in [7, 11) is 0. The van der Waals surface area contributed by atoms with Gasteiger partial charge in [-0.2, -0.15) is 0 Å². The molecule has 3 heteroatoms. The number of amides is 2. The Bertz CT molecular complexity index is 578. The van der Waals surface area contributed by atoms with Crippen LogP contribution >= 0.6 is 0 Å². The van der Waals surface area contributed by atoms with Crippen LogP contribution in [0.1, 0.15) is 37.3 Å². The van der Waals surface area contributed by atoms with Gasteiger partial charge in [0.05, 0.1) is 17.5 Å². The number of carbonyl (C=O) groups is 2. The predicted molar refractivity (Wildman–Crippen MR) is 78.4 cm³/mol. The molecule has 1 heterocycles. The van der Waals surface area contributed by atoms with E-state index in [2.05, 4.69) is 6.92 Å². The molecule has 0 N–H and O–H groups in total. The summed E-state index contributed by atoms with van der Waals surface area (Å²) >= 11 is 0. The largest absolute Gasteiger partial charge is 0.274 e. The van der Waals surface area contributed by atoms with Crippen molar-refractivity contribution in [1.82, 2.24) is 0 Å². The van der Waals surface area contributed by atoms with Crippen molar-refractivity contribution >= 4 is 17.5 Å². The average Bonchev–Trinajstić information content (AvgIpc) is 2.65. The molecule has 1 saturated heterocycles. The molecule has 0 spiro atoms. The Hall–Kier alpha value is -1.64. The van der Waals surface area contributed by atoms with Crippen LogP contribution in [-0.4, -0.2) is 11.8 Å². The topological polar surface area (TPSA) is 37.4 Å². The summed E-state index contributed by atoms with van der Waals surface area (Å²) in [4.78, 5) is 26.7. The average molecular weight is 271 g/mol. The first-order chi connectivity index (χ1) is 9.49. The number of carbonyl (C=O) groups excluding carboxylic acids is 2. The predicted octanol–water partition coefficient (Wildman–Crippen LogP) is 3.23. The van der Waals surface area contributed by atoms with Gasteiger partial charge in [0.1, 0.15) is 0 Å². The minimum atomic E-state index is -0.0915. The maximum absolute atomic E-state index is 12.7. The van der Waals surface area contributed by atoms with Crippen LogP contribution in [0, 0.1) is 31.6 Å². The fourth-order valence-corrected chi connectivity index (χ4v) is 3.59. The molecular weight excluding hydrogens is 250 g/mol. The van der Waals surface area contributed by atoms with Crippen molar-refractivity contribution in [2.24, 2.45) is 17.8 Å². The van der Waals surface area contributed by atoms with Gasteiger partial charge in [-0.1, -0.05) is 19.1 Å². The van der Waals surface area contributed by atoms with E-state index >= 15 is 0 Å². The summed E-state index contributed by atoms with van der Waals surface area (Å²) in [6, 6.07) is 5.95. The van der Waals surface area contributed by atoms with Gasteiger partial charge >= 0.3 is 0 Å². The Morgan fingerprint density at radius 3 is 2.50 bits per heavy atom. The third kappa shape index (κ3) is 1.96. The van der Waals surface area contributed by atoms with Crippen molar-refractivity contribution in [1.29, 1.82) is 0 Å². The van der Waals surface area contributed by atoms with Crippen LogP contribution in [0.3, 0.4) is 0 Å². The quantitative estimate of drug-likeness (QED) is 0.735. The highest BCUT2D eigenvalue weighted by atomic mass is 16.2. The summed E-state index contributed by atoms with van der Waals surface area (Å²) in [5, 5.41) is 0. The zero-order chi connectivity index (χ0) is 14.4. The second-order valence-electron chi connectivity index (χ2n) is 6.43. The molecule has 1 saturated carbocycles. The molecule has 2 amide bonds. The van der Waals surface area contributed by atoms with E-state index in [9.17, 15) is 9.59 Å². The lowest BCUT2D eigenvalue weighted by Gasteiger charge is -2.25. The molecule has 1 aromatic carbocycles. The van der Waals surface area contributed by atoms with Crippen molar-refractivity contribution in [3.63, 3.8) is 0 Å². The van der Waals surface area contributed by atoms with Gasteiger partial charge in [-0.3, -0.25) is 9.59 Å². The molecule has 0 aromatic heterocycles. The lowest BCUT2D eigenvalue weighted by atomic mass is 9.76. The highest BCUT2D eigenvalue weighted by Gasteiger charge is 2.50. The third-order valence-electron chi connectivity index (χ3n) is 4.79. The second kappa shape index (κ2) is 4.72. The third-order valence-corrected chi connectivity index (χ3v) is 4.79. The molecule has 20 heavy (non-hydrogen) atoms. The maximum Gasteiger partial charge on any atom is 0.237 e. The minimum absolute atomic E-state index is 0.0141. The van der Waals surface area contributed by atoms with Crippen LogP contribution in [0.2, 0.25) is 0 Å². The van der Waals surface area contributed by atoms with Gasteiger partial charge in [-0.25, -0.2) is 4.90 Å². The monoisotopic (exact) mass is 271 g/mol. The zero-order valence-electron chi connectivity index (χ0n) is 12.3. The maximum atomic E-state index is 12.7. The molecule has 1 aliphatic carbocycles. The molecule has 0 bridgehead atoms. The Labute approximate surface area is 120 Å². The smallest absolute Gasteiger partial charge is 0.237 e. The molecule has 2 fully saturated rings. The van der Waals surface area contributed by atoms with Gasteiger partial charge < -0.3 is 0 Å². The summed E-state index contributed by atoms with van der Waals surface area (Å²) in [6.45, 7) is 6.12. The van der Waals surface area contributed by atoms with Crippen molar-refractivity contribution in [3.05, 3.63) is 29.3 Å². The molecule has 106 valence electrons. The van der Waals surface area contributed by atoms with Crippen molar-refractivity contribution < 1.29 is 9.59 Å². The Balaban J connectivity index is 2.00. The SMILES string of the molecule is Cc1ccc(C)c(N2C(=O)[C@H]3CC[C@@H](C)C[C@@H]3C2=O)c1. The lowest BCUT2D eigenvalue weighted by Crippen LogP contribution is -2.31. The molecule has 0 unspecified atom stereocenters. The van der Waals surface area contributed by atoms with Gasteiger partial charge in [0.15, 0.2) is 0 Å². The van der Waals surface area contributed by atoms with E-state index in [1.807, 2.05) is 32.0 Å². The normalized spacial score (nSPS) is 29.8. The number of aryl methyl sites for hydroxylation is 2. The molecule has 3 rings (SSSR count). The minimum Gasteiger partial charge on any atom is -0.274 e. The van der Waals surface area contributed by atoms with E-state index in [1.54, 1.807) is 0 Å². The van der Waals surface area contributed by atoms with Gasteiger partial charge in [-0.15, -0.1) is 0 Å². The van der Waals surface area contributed by atoms with E-state index in [-0.39, 0.29) is 23.7 Å². The van der Waals surface area contributed by atoms with Crippen LogP contribution in [0.5, 0.6) is 0 Å². The molecular formula is C17H21NO2. The number of anilines is 1. The fraction of sp³-hybridized carbons (Fsp3) is 0.529. The number of hydrogen-bond donors (Lipinski definition) is 0. The van der Waals surface area contributed by atoms with E-state index in [4.69, 9.17) is 0 Å². The van der Waals surface area contributed by atoms with Crippen molar-refractivity contribution in [2.75, 3.05) is 4.90 Å². The van der Waals surface area contributed by atoms with Gasteiger partial charge in [0.2, 0.25) is 11.8 Å². The molecule has 1 aromatic rings. The fourth-order valence-electron chi connectivity index (χ4n) is 3.59. The number of hydrogen-bond acceptors (Lipinski definition) is 2. The highest BCUT2D eigenvalue weighted by molar-refractivity contribution is 6.22. The van der Waals surface area contributed by atoms with Gasteiger partial charge in [0, 0.05) is 0 Å². The summed E-state index contributed by atoms with van der Waals surface area (Å²) in [6.07, 6.45) is 2.77. The molecule has 1 aliphatic heterocycles. The van der Waals surface area contributed by atoms with Crippen LogP contribution in [0.25, 0.3) is 0 Å². The van der Waals surface area contributed by atoms with Gasteiger partial charge in [0.25, 0.3) is 0 Å². The van der Waals surface area contributed by atoms with E-state index in [1.165, 1.54) is 4.90 Å². The Kier molecular flexibility index (Phi) is 3.15. The van der Waals surface area contributed by atoms with Crippen molar-refractivity contribution in [2.45, 2.75) is 40.0 Å². The van der Waals surface area contributed by atoms with E-state index < -0.39 is 0 Å². The number of rotatable bonds is 1.